The van der Waals surface area contributed by atoms with E-state index in [9.17, 15) is 4.79 Å². The first-order valence-corrected chi connectivity index (χ1v) is 6.67. The van der Waals surface area contributed by atoms with Gasteiger partial charge >= 0.3 is 5.97 Å². The molecule has 0 bridgehead atoms. The number of benzene rings is 1. The van der Waals surface area contributed by atoms with E-state index in [1.54, 1.807) is 0 Å². The predicted octanol–water partition coefficient (Wildman–Crippen LogP) is 2.73. The molecule has 0 spiro atoms. The van der Waals surface area contributed by atoms with Crippen molar-refractivity contribution in [2.24, 2.45) is 5.92 Å². The molecule has 0 saturated heterocycles. The molecule has 0 heterocycles. The number of rotatable bonds is 4. The summed E-state index contributed by atoms with van der Waals surface area (Å²) in [5, 5.41) is 12.5. The minimum Gasteiger partial charge on any atom is -0.481 e. The number of aryl methyl sites for hydroxylation is 1. The molecule has 1 aromatic carbocycles. The van der Waals surface area contributed by atoms with E-state index in [4.69, 9.17) is 5.11 Å². The van der Waals surface area contributed by atoms with Gasteiger partial charge in [-0.3, -0.25) is 4.79 Å². The smallest absolute Gasteiger partial charge is 0.306 e. The molecule has 2 N–H and O–H groups in total. The summed E-state index contributed by atoms with van der Waals surface area (Å²) in [6.45, 7) is 2.91. The molecular formula is C15H21NO2. The lowest BCUT2D eigenvalue weighted by atomic mass is 9.86. The maximum absolute atomic E-state index is 11.0. The van der Waals surface area contributed by atoms with Gasteiger partial charge in [0.15, 0.2) is 0 Å². The van der Waals surface area contributed by atoms with E-state index in [-0.39, 0.29) is 5.92 Å². The first kappa shape index (κ1) is 13.1. The first-order chi connectivity index (χ1) is 8.65. The summed E-state index contributed by atoms with van der Waals surface area (Å²) in [7, 11) is 0. The molecule has 2 unspecified atom stereocenters. The van der Waals surface area contributed by atoms with Gasteiger partial charge in [-0.25, -0.2) is 0 Å². The summed E-state index contributed by atoms with van der Waals surface area (Å²) in [6.07, 6.45) is 3.71. The molecule has 2 rings (SSSR count). The van der Waals surface area contributed by atoms with Crippen LogP contribution in [0.2, 0.25) is 0 Å². The van der Waals surface area contributed by atoms with E-state index in [0.29, 0.717) is 6.04 Å². The zero-order valence-electron chi connectivity index (χ0n) is 10.9. The second-order valence-corrected chi connectivity index (χ2v) is 5.27. The summed E-state index contributed by atoms with van der Waals surface area (Å²) in [4.78, 5) is 11.0. The molecule has 18 heavy (non-hydrogen) atoms. The van der Waals surface area contributed by atoms with Crippen LogP contribution in [0.3, 0.4) is 0 Å². The van der Waals surface area contributed by atoms with Crippen LogP contribution in [0.5, 0.6) is 0 Å². The number of nitrogens with one attached hydrogen (secondary N) is 1. The normalized spacial score (nSPS) is 23.8. The summed E-state index contributed by atoms with van der Waals surface area (Å²) >= 11 is 0. The fourth-order valence-corrected chi connectivity index (χ4v) is 2.57. The van der Waals surface area contributed by atoms with E-state index < -0.39 is 5.97 Å². The molecule has 3 nitrogen and oxygen atoms in total. The molecule has 98 valence electrons. The Morgan fingerprint density at radius 2 is 2.06 bits per heavy atom. The minimum atomic E-state index is -0.642. The van der Waals surface area contributed by atoms with Crippen LogP contribution in [-0.4, -0.2) is 17.1 Å². The van der Waals surface area contributed by atoms with Gasteiger partial charge in [0.25, 0.3) is 0 Å². The standard InChI is InChI=1S/C15H21NO2/c1-11-5-7-12(8-6-11)10-16-14-4-2-3-13(9-14)15(17)18/h5-8,13-14,16H,2-4,9-10H2,1H3,(H,17,18). The van der Waals surface area contributed by atoms with Crippen molar-refractivity contribution < 1.29 is 9.90 Å². The van der Waals surface area contributed by atoms with E-state index in [0.717, 1.165) is 32.2 Å². The third-order valence-corrected chi connectivity index (χ3v) is 3.74. The van der Waals surface area contributed by atoms with Crippen LogP contribution in [-0.2, 0) is 11.3 Å². The Kier molecular flexibility index (Phi) is 4.37. The van der Waals surface area contributed by atoms with Crippen molar-refractivity contribution in [1.29, 1.82) is 0 Å². The van der Waals surface area contributed by atoms with Gasteiger partial charge < -0.3 is 10.4 Å². The van der Waals surface area contributed by atoms with Crippen LogP contribution in [0.1, 0.15) is 36.8 Å². The molecule has 2 atom stereocenters. The molecule has 3 heteroatoms. The van der Waals surface area contributed by atoms with E-state index in [2.05, 4.69) is 36.5 Å². The van der Waals surface area contributed by atoms with Gasteiger partial charge in [0.2, 0.25) is 0 Å². The number of aliphatic carboxylic acids is 1. The monoisotopic (exact) mass is 247 g/mol. The van der Waals surface area contributed by atoms with Gasteiger partial charge in [0, 0.05) is 12.6 Å². The average Bonchev–Trinajstić information content (AvgIpc) is 2.38. The third kappa shape index (κ3) is 3.57. The molecule has 0 aromatic heterocycles. The maximum atomic E-state index is 11.0. The van der Waals surface area contributed by atoms with Gasteiger partial charge in [-0.05, 0) is 31.7 Å². The Bertz CT molecular complexity index is 399. The Balaban J connectivity index is 1.82. The number of hydrogen-bond acceptors (Lipinski definition) is 2. The SMILES string of the molecule is Cc1ccc(CNC2CCCC(C(=O)O)C2)cc1. The van der Waals surface area contributed by atoms with Crippen LogP contribution in [0.15, 0.2) is 24.3 Å². The fourth-order valence-electron chi connectivity index (χ4n) is 2.57. The van der Waals surface area contributed by atoms with Gasteiger partial charge in [-0.1, -0.05) is 36.2 Å². The summed E-state index contributed by atoms with van der Waals surface area (Å²) in [6, 6.07) is 8.82. The fraction of sp³-hybridized carbons (Fsp3) is 0.533. The third-order valence-electron chi connectivity index (χ3n) is 3.74. The molecule has 1 fully saturated rings. The molecular weight excluding hydrogens is 226 g/mol. The van der Waals surface area contributed by atoms with Gasteiger partial charge in [-0.15, -0.1) is 0 Å². The van der Waals surface area contributed by atoms with Gasteiger partial charge in [0.05, 0.1) is 5.92 Å². The number of hydrogen-bond donors (Lipinski definition) is 2. The second kappa shape index (κ2) is 6.01. The Morgan fingerprint density at radius 3 is 2.72 bits per heavy atom. The van der Waals surface area contributed by atoms with Crippen LogP contribution >= 0.6 is 0 Å². The molecule has 0 radical (unpaired) electrons. The Labute approximate surface area is 108 Å². The van der Waals surface area contributed by atoms with Crippen molar-refractivity contribution in [2.45, 2.75) is 45.2 Å². The van der Waals surface area contributed by atoms with Gasteiger partial charge in [0.1, 0.15) is 0 Å². The molecule has 0 aliphatic heterocycles. The van der Waals surface area contributed by atoms with Crippen LogP contribution in [0.25, 0.3) is 0 Å². The van der Waals surface area contributed by atoms with Crippen molar-refractivity contribution in [1.82, 2.24) is 5.32 Å². The zero-order chi connectivity index (χ0) is 13.0. The highest BCUT2D eigenvalue weighted by atomic mass is 16.4. The molecule has 1 aliphatic carbocycles. The summed E-state index contributed by atoms with van der Waals surface area (Å²) < 4.78 is 0. The Hall–Kier alpha value is -1.35. The summed E-state index contributed by atoms with van der Waals surface area (Å²) in [5.74, 6) is -0.800. The lowest BCUT2D eigenvalue weighted by Gasteiger charge is -2.27. The molecule has 1 aliphatic rings. The molecule has 1 saturated carbocycles. The largest absolute Gasteiger partial charge is 0.481 e. The summed E-state index contributed by atoms with van der Waals surface area (Å²) in [5.41, 5.74) is 2.53. The average molecular weight is 247 g/mol. The number of carbonyl (C=O) groups is 1. The van der Waals surface area contributed by atoms with E-state index in [1.807, 2.05) is 0 Å². The highest BCUT2D eigenvalue weighted by Gasteiger charge is 2.26. The lowest BCUT2D eigenvalue weighted by molar-refractivity contribution is -0.143. The van der Waals surface area contributed by atoms with E-state index >= 15 is 0 Å². The highest BCUT2D eigenvalue weighted by molar-refractivity contribution is 5.70. The number of carboxylic acid groups (broad SMARTS) is 1. The zero-order valence-corrected chi connectivity index (χ0v) is 10.9. The topological polar surface area (TPSA) is 49.3 Å². The highest BCUT2D eigenvalue weighted by Crippen LogP contribution is 2.24. The van der Waals surface area contributed by atoms with Crippen molar-refractivity contribution in [3.8, 4) is 0 Å². The van der Waals surface area contributed by atoms with Crippen molar-refractivity contribution in [3.63, 3.8) is 0 Å². The first-order valence-electron chi connectivity index (χ1n) is 6.67. The minimum absolute atomic E-state index is 0.158. The molecule has 0 amide bonds. The number of carboxylic acids is 1. The van der Waals surface area contributed by atoms with E-state index in [1.165, 1.54) is 11.1 Å². The van der Waals surface area contributed by atoms with Crippen LogP contribution in [0.4, 0.5) is 0 Å². The van der Waals surface area contributed by atoms with Crippen LogP contribution in [0, 0.1) is 12.8 Å². The van der Waals surface area contributed by atoms with Gasteiger partial charge in [-0.2, -0.15) is 0 Å². The maximum Gasteiger partial charge on any atom is 0.306 e. The quantitative estimate of drug-likeness (QED) is 0.860. The predicted molar refractivity (Wildman–Crippen MR) is 71.4 cm³/mol. The second-order valence-electron chi connectivity index (χ2n) is 5.27. The van der Waals surface area contributed by atoms with Crippen molar-refractivity contribution >= 4 is 5.97 Å². The van der Waals surface area contributed by atoms with Crippen LogP contribution < -0.4 is 5.32 Å². The Morgan fingerprint density at radius 1 is 1.33 bits per heavy atom. The lowest BCUT2D eigenvalue weighted by Crippen LogP contribution is -2.36. The van der Waals surface area contributed by atoms with Crippen molar-refractivity contribution in [2.75, 3.05) is 0 Å². The molecule has 1 aromatic rings. The van der Waals surface area contributed by atoms with Crippen molar-refractivity contribution in [3.05, 3.63) is 35.4 Å².